The van der Waals surface area contributed by atoms with Crippen LogP contribution in [0.15, 0.2) is 24.3 Å². The van der Waals surface area contributed by atoms with Crippen LogP contribution in [0.1, 0.15) is 11.1 Å². The number of fused-ring (bicyclic) bond motifs is 1. The maximum Gasteiger partial charge on any atom is 0.0656 e. The molecule has 1 saturated heterocycles. The van der Waals surface area contributed by atoms with Crippen molar-refractivity contribution < 1.29 is 9.47 Å². The van der Waals surface area contributed by atoms with Crippen LogP contribution in [0.25, 0.3) is 0 Å². The molecule has 0 amide bonds. The monoisotopic (exact) mass is 204 g/mol. The minimum absolute atomic E-state index is 0.406. The van der Waals surface area contributed by atoms with Crippen molar-refractivity contribution in [3.8, 4) is 0 Å². The van der Waals surface area contributed by atoms with E-state index in [0.717, 1.165) is 32.7 Å². The van der Waals surface area contributed by atoms with Crippen molar-refractivity contribution in [3.05, 3.63) is 35.4 Å². The van der Waals surface area contributed by atoms with Crippen molar-refractivity contribution in [3.63, 3.8) is 0 Å². The summed E-state index contributed by atoms with van der Waals surface area (Å²) in [5, 5.41) is 0. The van der Waals surface area contributed by atoms with Gasteiger partial charge in [-0.1, -0.05) is 24.3 Å². The van der Waals surface area contributed by atoms with Gasteiger partial charge in [0.15, 0.2) is 0 Å². The van der Waals surface area contributed by atoms with Gasteiger partial charge in [-0.25, -0.2) is 0 Å². The molecule has 2 aliphatic rings. The highest BCUT2D eigenvalue weighted by atomic mass is 16.5. The second-order valence-electron chi connectivity index (χ2n) is 4.54. The molecule has 1 fully saturated rings. The lowest BCUT2D eigenvalue weighted by Crippen LogP contribution is -2.33. The lowest BCUT2D eigenvalue weighted by atomic mass is 10.1. The summed E-state index contributed by atoms with van der Waals surface area (Å²) in [5.41, 5.74) is 2.93. The van der Waals surface area contributed by atoms with Gasteiger partial charge >= 0.3 is 0 Å². The molecular formula is C13H16O2. The summed E-state index contributed by atoms with van der Waals surface area (Å²) in [5.74, 6) is 0.647. The molecule has 0 radical (unpaired) electrons. The summed E-state index contributed by atoms with van der Waals surface area (Å²) >= 11 is 0. The van der Waals surface area contributed by atoms with E-state index in [0.29, 0.717) is 12.0 Å². The van der Waals surface area contributed by atoms with E-state index < -0.39 is 0 Å². The number of benzene rings is 1. The topological polar surface area (TPSA) is 18.5 Å². The second kappa shape index (κ2) is 3.95. The minimum Gasteiger partial charge on any atom is -0.381 e. The Bertz CT molecular complexity index is 319. The molecule has 2 nitrogen and oxygen atoms in total. The van der Waals surface area contributed by atoms with E-state index in [4.69, 9.17) is 9.47 Å². The zero-order chi connectivity index (χ0) is 10.1. The summed E-state index contributed by atoms with van der Waals surface area (Å²) in [6.45, 7) is 2.65. The first kappa shape index (κ1) is 9.37. The summed E-state index contributed by atoms with van der Waals surface area (Å²) < 4.78 is 11.0. The maximum atomic E-state index is 5.91. The third kappa shape index (κ3) is 1.92. The second-order valence-corrected chi connectivity index (χ2v) is 4.54. The van der Waals surface area contributed by atoms with Gasteiger partial charge in [0.05, 0.1) is 25.9 Å². The normalized spacial score (nSPS) is 21.3. The van der Waals surface area contributed by atoms with Crippen LogP contribution in [0.3, 0.4) is 0 Å². The van der Waals surface area contributed by atoms with Crippen molar-refractivity contribution in [2.24, 2.45) is 5.92 Å². The molecule has 1 aromatic rings. The molecule has 2 heteroatoms. The van der Waals surface area contributed by atoms with Gasteiger partial charge in [-0.05, 0) is 24.0 Å². The first-order valence-electron chi connectivity index (χ1n) is 5.68. The molecule has 15 heavy (non-hydrogen) atoms. The fourth-order valence-corrected chi connectivity index (χ4v) is 2.29. The van der Waals surface area contributed by atoms with E-state index in [-0.39, 0.29) is 0 Å². The summed E-state index contributed by atoms with van der Waals surface area (Å²) in [6, 6.07) is 8.65. The lowest BCUT2D eigenvalue weighted by molar-refractivity contribution is -0.0854. The molecule has 1 aromatic carbocycles. The highest BCUT2D eigenvalue weighted by Gasteiger charge is 2.24. The standard InChI is InChI=1S/C13H16O2/c1-2-4-12-6-13(5-11(12)3-1)15-9-10-7-14-8-10/h1-4,10,13H,5-9H2. The minimum atomic E-state index is 0.406. The van der Waals surface area contributed by atoms with E-state index in [1.54, 1.807) is 0 Å². The van der Waals surface area contributed by atoms with Gasteiger partial charge in [0, 0.05) is 5.92 Å². The zero-order valence-corrected chi connectivity index (χ0v) is 8.82. The van der Waals surface area contributed by atoms with Crippen LogP contribution in [0.5, 0.6) is 0 Å². The molecule has 0 N–H and O–H groups in total. The Balaban J connectivity index is 1.54. The van der Waals surface area contributed by atoms with Crippen LogP contribution < -0.4 is 0 Å². The van der Waals surface area contributed by atoms with E-state index >= 15 is 0 Å². The molecule has 1 aliphatic carbocycles. The summed E-state index contributed by atoms with van der Waals surface area (Å²) in [7, 11) is 0. The number of rotatable bonds is 3. The Morgan fingerprint density at radius 1 is 1.13 bits per heavy atom. The van der Waals surface area contributed by atoms with E-state index in [1.807, 2.05) is 0 Å². The highest BCUT2D eigenvalue weighted by Crippen LogP contribution is 2.24. The Morgan fingerprint density at radius 3 is 2.33 bits per heavy atom. The fourth-order valence-electron chi connectivity index (χ4n) is 2.29. The van der Waals surface area contributed by atoms with Crippen LogP contribution in [-0.2, 0) is 22.3 Å². The highest BCUT2D eigenvalue weighted by molar-refractivity contribution is 5.32. The predicted octanol–water partition coefficient (Wildman–Crippen LogP) is 1.82. The van der Waals surface area contributed by atoms with E-state index in [9.17, 15) is 0 Å². The molecule has 1 aliphatic heterocycles. The van der Waals surface area contributed by atoms with Gasteiger partial charge in [-0.3, -0.25) is 0 Å². The Morgan fingerprint density at radius 2 is 1.80 bits per heavy atom. The van der Waals surface area contributed by atoms with Crippen LogP contribution in [0.4, 0.5) is 0 Å². The van der Waals surface area contributed by atoms with Gasteiger partial charge in [-0.2, -0.15) is 0 Å². The van der Waals surface area contributed by atoms with Crippen molar-refractivity contribution >= 4 is 0 Å². The fraction of sp³-hybridized carbons (Fsp3) is 0.538. The predicted molar refractivity (Wildman–Crippen MR) is 57.9 cm³/mol. The quantitative estimate of drug-likeness (QED) is 0.747. The van der Waals surface area contributed by atoms with E-state index in [2.05, 4.69) is 24.3 Å². The van der Waals surface area contributed by atoms with Gasteiger partial charge < -0.3 is 9.47 Å². The molecule has 1 heterocycles. The Kier molecular flexibility index (Phi) is 2.47. The maximum absolute atomic E-state index is 5.91. The molecule has 3 rings (SSSR count). The Labute approximate surface area is 90.2 Å². The zero-order valence-electron chi connectivity index (χ0n) is 8.82. The van der Waals surface area contributed by atoms with E-state index in [1.165, 1.54) is 11.1 Å². The van der Waals surface area contributed by atoms with Gasteiger partial charge in [-0.15, -0.1) is 0 Å². The average molecular weight is 204 g/mol. The number of hydrogen-bond donors (Lipinski definition) is 0. The SMILES string of the molecule is c1ccc2c(c1)CC(OCC1COC1)C2. The number of ether oxygens (including phenoxy) is 2. The molecule has 0 spiro atoms. The van der Waals surface area contributed by atoms with Gasteiger partial charge in [0.25, 0.3) is 0 Å². The van der Waals surface area contributed by atoms with Crippen LogP contribution in [0.2, 0.25) is 0 Å². The van der Waals surface area contributed by atoms with Crippen molar-refractivity contribution in [2.45, 2.75) is 18.9 Å². The van der Waals surface area contributed by atoms with Gasteiger partial charge in [0.1, 0.15) is 0 Å². The third-order valence-corrected chi connectivity index (χ3v) is 3.29. The van der Waals surface area contributed by atoms with Crippen LogP contribution in [-0.4, -0.2) is 25.9 Å². The van der Waals surface area contributed by atoms with Crippen LogP contribution >= 0.6 is 0 Å². The molecule has 0 saturated carbocycles. The molecule has 0 unspecified atom stereocenters. The largest absolute Gasteiger partial charge is 0.381 e. The van der Waals surface area contributed by atoms with Crippen molar-refractivity contribution in [2.75, 3.05) is 19.8 Å². The Hall–Kier alpha value is -0.860. The third-order valence-electron chi connectivity index (χ3n) is 3.29. The lowest BCUT2D eigenvalue weighted by Gasteiger charge is -2.26. The summed E-state index contributed by atoms with van der Waals surface area (Å²) in [4.78, 5) is 0. The molecule has 0 atom stereocenters. The smallest absolute Gasteiger partial charge is 0.0656 e. The average Bonchev–Trinajstić information content (AvgIpc) is 2.57. The molecular weight excluding hydrogens is 188 g/mol. The first-order chi connectivity index (χ1) is 7.42. The van der Waals surface area contributed by atoms with Crippen molar-refractivity contribution in [1.29, 1.82) is 0 Å². The summed E-state index contributed by atoms with van der Waals surface area (Å²) in [6.07, 6.45) is 2.58. The molecule has 0 bridgehead atoms. The van der Waals surface area contributed by atoms with Crippen molar-refractivity contribution in [1.82, 2.24) is 0 Å². The molecule has 80 valence electrons. The first-order valence-corrected chi connectivity index (χ1v) is 5.68. The van der Waals surface area contributed by atoms with Crippen LogP contribution in [0, 0.1) is 5.92 Å². The number of hydrogen-bond acceptors (Lipinski definition) is 2. The molecule has 0 aromatic heterocycles. The van der Waals surface area contributed by atoms with Gasteiger partial charge in [0.2, 0.25) is 0 Å².